The summed E-state index contributed by atoms with van der Waals surface area (Å²) >= 11 is 0. The molecular formula is C24H23N3O4. The number of nitrogens with zero attached hydrogens (tertiary/aromatic N) is 2. The van der Waals surface area contributed by atoms with Gasteiger partial charge in [-0.25, -0.2) is 4.79 Å². The van der Waals surface area contributed by atoms with Crippen molar-refractivity contribution in [3.8, 4) is 5.75 Å². The molecule has 4 rings (SSSR count). The highest BCUT2D eigenvalue weighted by molar-refractivity contribution is 5.92. The molecule has 2 N–H and O–H groups in total. The average molecular weight is 417 g/mol. The molecule has 1 aromatic heterocycles. The number of carboxylic acids is 1. The van der Waals surface area contributed by atoms with Gasteiger partial charge in [-0.2, -0.15) is 0 Å². The molecule has 3 aromatic rings. The van der Waals surface area contributed by atoms with E-state index in [0.717, 1.165) is 22.6 Å². The lowest BCUT2D eigenvalue weighted by molar-refractivity contribution is -0.115. The number of carboxylic acid groups (broad SMARTS) is 1. The fourth-order valence-corrected chi connectivity index (χ4v) is 3.61. The molecule has 7 heteroatoms. The number of aromatic carboxylic acids is 1. The van der Waals surface area contributed by atoms with Crippen LogP contribution in [0.15, 0.2) is 67.0 Å². The molecule has 1 aliphatic heterocycles. The number of rotatable bonds is 7. The fourth-order valence-electron chi connectivity index (χ4n) is 3.61. The van der Waals surface area contributed by atoms with Gasteiger partial charge in [-0.3, -0.25) is 9.78 Å². The summed E-state index contributed by atoms with van der Waals surface area (Å²) < 4.78 is 6.01. The zero-order chi connectivity index (χ0) is 21.8. The number of pyridine rings is 1. The van der Waals surface area contributed by atoms with Crippen molar-refractivity contribution in [2.45, 2.75) is 19.4 Å². The molecule has 0 unspecified atom stereocenters. The van der Waals surface area contributed by atoms with Crippen molar-refractivity contribution in [3.63, 3.8) is 0 Å². The Bertz CT molecular complexity index is 1080. The molecule has 0 bridgehead atoms. The van der Waals surface area contributed by atoms with Crippen molar-refractivity contribution >= 4 is 23.3 Å². The van der Waals surface area contributed by atoms with Crippen LogP contribution >= 0.6 is 0 Å². The SMILES string of the molecule is Cc1c(C(=O)O)cccc1N1CC(Oc2ccc(CC(=O)Nc3cccnc3)cc2)C1. The van der Waals surface area contributed by atoms with Crippen LogP contribution < -0.4 is 15.0 Å². The van der Waals surface area contributed by atoms with Gasteiger partial charge in [0.1, 0.15) is 11.9 Å². The first-order valence-electron chi connectivity index (χ1n) is 10.0. The van der Waals surface area contributed by atoms with Gasteiger partial charge in [0.05, 0.1) is 37.0 Å². The van der Waals surface area contributed by atoms with E-state index in [-0.39, 0.29) is 18.4 Å². The first-order valence-corrected chi connectivity index (χ1v) is 10.0. The minimum absolute atomic E-state index is 0.0348. The third kappa shape index (κ3) is 4.83. The van der Waals surface area contributed by atoms with Crippen molar-refractivity contribution in [1.29, 1.82) is 0 Å². The summed E-state index contributed by atoms with van der Waals surface area (Å²) in [4.78, 5) is 29.6. The van der Waals surface area contributed by atoms with Crippen LogP contribution in [0.4, 0.5) is 11.4 Å². The summed E-state index contributed by atoms with van der Waals surface area (Å²) in [6.07, 6.45) is 3.57. The molecule has 158 valence electrons. The van der Waals surface area contributed by atoms with Crippen LogP contribution in [-0.2, 0) is 11.2 Å². The standard InChI is InChI=1S/C24H23N3O4/c1-16-21(24(29)30)5-2-6-22(16)27-14-20(15-27)31-19-9-7-17(8-10-19)12-23(28)26-18-4-3-11-25-13-18/h2-11,13,20H,12,14-15H2,1H3,(H,26,28)(H,29,30). The number of nitrogens with one attached hydrogen (secondary N) is 1. The lowest BCUT2D eigenvalue weighted by atomic mass is 10.0. The molecular weight excluding hydrogens is 394 g/mol. The smallest absolute Gasteiger partial charge is 0.336 e. The Kier molecular flexibility index (Phi) is 5.84. The average Bonchev–Trinajstić information content (AvgIpc) is 2.72. The Morgan fingerprint density at radius 3 is 2.58 bits per heavy atom. The van der Waals surface area contributed by atoms with E-state index in [9.17, 15) is 14.7 Å². The van der Waals surface area contributed by atoms with E-state index in [0.29, 0.717) is 24.3 Å². The largest absolute Gasteiger partial charge is 0.487 e. The third-order valence-electron chi connectivity index (χ3n) is 5.26. The molecule has 0 radical (unpaired) electrons. The summed E-state index contributed by atoms with van der Waals surface area (Å²) in [6, 6.07) is 16.4. The van der Waals surface area contributed by atoms with Gasteiger partial charge in [-0.1, -0.05) is 18.2 Å². The second-order valence-corrected chi connectivity index (χ2v) is 7.51. The molecule has 0 spiro atoms. The summed E-state index contributed by atoms with van der Waals surface area (Å²) in [6.45, 7) is 3.22. The molecule has 7 nitrogen and oxygen atoms in total. The van der Waals surface area contributed by atoms with Gasteiger partial charge in [-0.05, 0) is 54.4 Å². The molecule has 2 heterocycles. The maximum absolute atomic E-state index is 12.2. The number of anilines is 2. The molecule has 1 amide bonds. The third-order valence-corrected chi connectivity index (χ3v) is 5.26. The summed E-state index contributed by atoms with van der Waals surface area (Å²) in [7, 11) is 0. The van der Waals surface area contributed by atoms with E-state index in [1.807, 2.05) is 37.3 Å². The minimum Gasteiger partial charge on any atom is -0.487 e. The number of carbonyl (C=O) groups excluding carboxylic acids is 1. The number of benzene rings is 2. The van der Waals surface area contributed by atoms with Crippen LogP contribution in [0, 0.1) is 6.92 Å². The Morgan fingerprint density at radius 2 is 1.90 bits per heavy atom. The van der Waals surface area contributed by atoms with Crippen molar-refractivity contribution in [3.05, 3.63) is 83.7 Å². The van der Waals surface area contributed by atoms with Crippen molar-refractivity contribution in [2.24, 2.45) is 0 Å². The predicted octanol–water partition coefficient (Wildman–Crippen LogP) is 3.54. The van der Waals surface area contributed by atoms with E-state index in [2.05, 4.69) is 15.2 Å². The fraction of sp³-hybridized carbons (Fsp3) is 0.208. The Balaban J connectivity index is 1.28. The monoisotopic (exact) mass is 417 g/mol. The van der Waals surface area contributed by atoms with Crippen molar-refractivity contribution < 1.29 is 19.4 Å². The van der Waals surface area contributed by atoms with Gasteiger partial charge in [0.15, 0.2) is 0 Å². The van der Waals surface area contributed by atoms with E-state index >= 15 is 0 Å². The number of aromatic nitrogens is 1. The van der Waals surface area contributed by atoms with Gasteiger partial charge in [-0.15, -0.1) is 0 Å². The molecule has 0 atom stereocenters. The van der Waals surface area contributed by atoms with Crippen LogP contribution in [-0.4, -0.2) is 41.2 Å². The summed E-state index contributed by atoms with van der Waals surface area (Å²) in [5.74, 6) is -0.269. The van der Waals surface area contributed by atoms with Crippen LogP contribution in [0.5, 0.6) is 5.75 Å². The second-order valence-electron chi connectivity index (χ2n) is 7.51. The van der Waals surface area contributed by atoms with Gasteiger partial charge in [0.25, 0.3) is 0 Å². The van der Waals surface area contributed by atoms with E-state index < -0.39 is 5.97 Å². The van der Waals surface area contributed by atoms with Gasteiger partial charge in [0.2, 0.25) is 5.91 Å². The Labute approximate surface area is 180 Å². The number of ether oxygens (including phenoxy) is 1. The molecule has 1 fully saturated rings. The number of amides is 1. The van der Waals surface area contributed by atoms with Crippen LogP contribution in [0.3, 0.4) is 0 Å². The normalized spacial score (nSPS) is 13.4. The number of hydrogen-bond acceptors (Lipinski definition) is 5. The maximum atomic E-state index is 12.2. The maximum Gasteiger partial charge on any atom is 0.336 e. The number of hydrogen-bond donors (Lipinski definition) is 2. The lowest BCUT2D eigenvalue weighted by Gasteiger charge is -2.41. The molecule has 1 aliphatic rings. The Morgan fingerprint density at radius 1 is 1.13 bits per heavy atom. The topological polar surface area (TPSA) is 91.8 Å². The summed E-state index contributed by atoms with van der Waals surface area (Å²) in [5, 5.41) is 12.1. The van der Waals surface area contributed by atoms with E-state index in [1.54, 1.807) is 36.7 Å². The lowest BCUT2D eigenvalue weighted by Crippen LogP contribution is -2.54. The van der Waals surface area contributed by atoms with E-state index in [4.69, 9.17) is 4.74 Å². The highest BCUT2D eigenvalue weighted by Gasteiger charge is 2.30. The molecule has 0 aliphatic carbocycles. The second kappa shape index (κ2) is 8.87. The van der Waals surface area contributed by atoms with Gasteiger partial charge in [0, 0.05) is 11.9 Å². The highest BCUT2D eigenvalue weighted by atomic mass is 16.5. The molecule has 1 saturated heterocycles. The molecule has 0 saturated carbocycles. The zero-order valence-corrected chi connectivity index (χ0v) is 17.1. The molecule has 31 heavy (non-hydrogen) atoms. The van der Waals surface area contributed by atoms with Crippen molar-refractivity contribution in [1.82, 2.24) is 4.98 Å². The first kappa shape index (κ1) is 20.4. The van der Waals surface area contributed by atoms with Crippen molar-refractivity contribution in [2.75, 3.05) is 23.3 Å². The number of carbonyl (C=O) groups is 2. The van der Waals surface area contributed by atoms with Crippen LogP contribution in [0.1, 0.15) is 21.5 Å². The molecule has 2 aromatic carbocycles. The van der Waals surface area contributed by atoms with Gasteiger partial charge >= 0.3 is 5.97 Å². The quantitative estimate of drug-likeness (QED) is 0.611. The minimum atomic E-state index is -0.915. The predicted molar refractivity (Wildman–Crippen MR) is 118 cm³/mol. The Hall–Kier alpha value is -3.87. The first-order chi connectivity index (χ1) is 15.0. The van der Waals surface area contributed by atoms with E-state index in [1.165, 1.54) is 0 Å². The van der Waals surface area contributed by atoms with Crippen LogP contribution in [0.2, 0.25) is 0 Å². The zero-order valence-electron chi connectivity index (χ0n) is 17.1. The highest BCUT2D eigenvalue weighted by Crippen LogP contribution is 2.29. The van der Waals surface area contributed by atoms with Gasteiger partial charge < -0.3 is 20.1 Å². The van der Waals surface area contributed by atoms with Crippen LogP contribution in [0.25, 0.3) is 0 Å². The summed E-state index contributed by atoms with van der Waals surface area (Å²) in [5.41, 5.74) is 3.58.